The predicted molar refractivity (Wildman–Crippen MR) is 180 cm³/mol. The summed E-state index contributed by atoms with van der Waals surface area (Å²) in [6, 6.07) is 5.89. The van der Waals surface area contributed by atoms with Crippen molar-refractivity contribution < 1.29 is 14.6 Å². The van der Waals surface area contributed by atoms with Crippen molar-refractivity contribution in [3.8, 4) is 5.75 Å². The first-order valence-electron chi connectivity index (χ1n) is 17.4. The average molecular weight is 616 g/mol. The molecule has 242 valence electrons. The van der Waals surface area contributed by atoms with Crippen LogP contribution in [0.2, 0.25) is 0 Å². The second kappa shape index (κ2) is 21.8. The summed E-state index contributed by atoms with van der Waals surface area (Å²) in [5.74, 6) is 0.786. The van der Waals surface area contributed by atoms with Crippen molar-refractivity contribution in [3.63, 3.8) is 0 Å². The fraction of sp³-hybridized carbons (Fsp3) is 0.722. The molecule has 7 heteroatoms. The number of benzene rings is 1. The van der Waals surface area contributed by atoms with E-state index in [9.17, 15) is 5.11 Å². The molecule has 2 unspecified atom stereocenters. The Morgan fingerprint density at radius 2 is 1.44 bits per heavy atom. The zero-order valence-electron chi connectivity index (χ0n) is 26.9. The Kier molecular flexibility index (Phi) is 18.0. The topological polar surface area (TPSA) is 69.4 Å². The molecule has 6 nitrogen and oxygen atoms in total. The monoisotopic (exact) mass is 615 g/mol. The molecule has 1 heterocycles. The van der Waals surface area contributed by atoms with Crippen LogP contribution in [0.5, 0.6) is 5.75 Å². The molecule has 0 bridgehead atoms. The number of unbranched alkanes of at least 4 members (excludes halogenated alkanes) is 16. The van der Waals surface area contributed by atoms with Crippen molar-refractivity contribution in [3.05, 3.63) is 42.5 Å². The van der Waals surface area contributed by atoms with Crippen LogP contribution in [0, 0.1) is 0 Å². The van der Waals surface area contributed by atoms with E-state index in [0.29, 0.717) is 26.2 Å². The van der Waals surface area contributed by atoms with E-state index in [1.807, 2.05) is 42.5 Å². The lowest BCUT2D eigenvalue weighted by Gasteiger charge is -2.24. The van der Waals surface area contributed by atoms with Crippen LogP contribution in [0.4, 0.5) is 0 Å². The molecule has 1 aliphatic carbocycles. The van der Waals surface area contributed by atoms with Gasteiger partial charge in [-0.1, -0.05) is 146 Å². The number of ether oxygens (including phenoxy) is 2. The SMILES string of the molecule is CCCCCCCCCCCCCCCCOc1cccc2nn(CC(O)CCCCCCOC3(Cl)C=CC=CC3)nc12. The van der Waals surface area contributed by atoms with Gasteiger partial charge in [0.05, 0.1) is 19.3 Å². The highest BCUT2D eigenvalue weighted by atomic mass is 35.5. The van der Waals surface area contributed by atoms with Crippen molar-refractivity contribution in [2.75, 3.05) is 13.2 Å². The predicted octanol–water partition coefficient (Wildman–Crippen LogP) is 10.1. The molecule has 0 aliphatic heterocycles. The van der Waals surface area contributed by atoms with Crippen LogP contribution < -0.4 is 4.74 Å². The van der Waals surface area contributed by atoms with Crippen LogP contribution in [0.15, 0.2) is 42.5 Å². The van der Waals surface area contributed by atoms with Gasteiger partial charge in [0.25, 0.3) is 0 Å². The molecular weight excluding hydrogens is 558 g/mol. The minimum absolute atomic E-state index is 0.394. The number of aliphatic hydroxyl groups excluding tert-OH is 1. The Morgan fingerprint density at radius 1 is 0.814 bits per heavy atom. The smallest absolute Gasteiger partial charge is 0.164 e. The van der Waals surface area contributed by atoms with Gasteiger partial charge in [0.2, 0.25) is 0 Å². The molecule has 0 spiro atoms. The first kappa shape index (κ1) is 35.6. The van der Waals surface area contributed by atoms with E-state index in [1.54, 1.807) is 4.80 Å². The molecule has 0 saturated heterocycles. The van der Waals surface area contributed by atoms with E-state index < -0.39 is 11.2 Å². The van der Waals surface area contributed by atoms with Crippen molar-refractivity contribution in [1.82, 2.24) is 15.0 Å². The lowest BCUT2D eigenvalue weighted by Crippen LogP contribution is -2.23. The standard InChI is InChI=1S/C36H58ClN3O3/c1-2-3-4-5-6-7-8-9-10-11-12-13-15-21-29-42-34-26-23-25-33-35(34)39-40(38-33)31-32(41)24-18-14-16-22-30-43-36(37)27-19-17-20-28-36/h17,19-20,23,25-27,32,41H,2-16,18,21-22,24,28-31H2,1H3. The van der Waals surface area contributed by atoms with Crippen LogP contribution in [0.1, 0.15) is 135 Å². The lowest BCUT2D eigenvalue weighted by atomic mass is 10.0. The molecule has 43 heavy (non-hydrogen) atoms. The Hall–Kier alpha value is -1.89. The van der Waals surface area contributed by atoms with E-state index in [2.05, 4.69) is 17.1 Å². The van der Waals surface area contributed by atoms with Gasteiger partial charge in [-0.2, -0.15) is 9.90 Å². The fourth-order valence-corrected chi connectivity index (χ4v) is 5.91. The van der Waals surface area contributed by atoms with Gasteiger partial charge in [-0.25, -0.2) is 0 Å². The van der Waals surface area contributed by atoms with Gasteiger partial charge in [0, 0.05) is 13.0 Å². The second-order valence-electron chi connectivity index (χ2n) is 12.3. The van der Waals surface area contributed by atoms with Gasteiger partial charge in [-0.3, -0.25) is 0 Å². The zero-order valence-corrected chi connectivity index (χ0v) is 27.6. The van der Waals surface area contributed by atoms with Crippen LogP contribution >= 0.6 is 11.6 Å². The summed E-state index contributed by atoms with van der Waals surface area (Å²) < 4.78 is 11.9. The van der Waals surface area contributed by atoms with Crippen LogP contribution in [0.25, 0.3) is 11.0 Å². The number of hydrogen-bond donors (Lipinski definition) is 1. The molecule has 3 rings (SSSR count). The maximum atomic E-state index is 10.6. The van der Waals surface area contributed by atoms with Crippen molar-refractivity contribution >= 4 is 22.6 Å². The van der Waals surface area contributed by atoms with Gasteiger partial charge in [-0.05, 0) is 37.5 Å². The van der Waals surface area contributed by atoms with E-state index in [4.69, 9.17) is 21.1 Å². The maximum Gasteiger partial charge on any atom is 0.164 e. The third-order valence-electron chi connectivity index (χ3n) is 8.31. The number of alkyl halides is 1. The largest absolute Gasteiger partial charge is 0.491 e. The molecule has 0 radical (unpaired) electrons. The summed E-state index contributed by atoms with van der Waals surface area (Å²) in [6.45, 7) is 4.03. The molecular formula is C36H58ClN3O3. The number of fused-ring (bicyclic) bond motifs is 1. The quantitative estimate of drug-likeness (QED) is 0.0842. The van der Waals surface area contributed by atoms with E-state index >= 15 is 0 Å². The molecule has 1 aliphatic rings. The van der Waals surface area contributed by atoms with Gasteiger partial charge < -0.3 is 14.6 Å². The average Bonchev–Trinajstić information content (AvgIpc) is 3.42. The number of aromatic nitrogens is 3. The summed E-state index contributed by atoms with van der Waals surface area (Å²) in [6.07, 6.45) is 31.8. The minimum atomic E-state index is -0.678. The number of rotatable bonds is 26. The van der Waals surface area contributed by atoms with E-state index in [0.717, 1.165) is 55.3 Å². The molecule has 1 aromatic carbocycles. The second-order valence-corrected chi connectivity index (χ2v) is 12.9. The number of aliphatic hydroxyl groups is 1. The summed E-state index contributed by atoms with van der Waals surface area (Å²) in [5, 5.41) is 19.1. The number of hydrogen-bond acceptors (Lipinski definition) is 5. The molecule has 0 saturated carbocycles. The molecule has 1 aromatic heterocycles. The van der Waals surface area contributed by atoms with Crippen molar-refractivity contribution in [2.45, 2.75) is 153 Å². The Labute approximate surface area is 266 Å². The number of nitrogens with zero attached hydrogens (tertiary/aromatic N) is 3. The van der Waals surface area contributed by atoms with Crippen molar-refractivity contribution in [1.29, 1.82) is 0 Å². The highest BCUT2D eigenvalue weighted by molar-refractivity contribution is 6.24. The van der Waals surface area contributed by atoms with Gasteiger partial charge in [0.15, 0.2) is 10.6 Å². The highest BCUT2D eigenvalue weighted by Gasteiger charge is 2.24. The van der Waals surface area contributed by atoms with E-state index in [-0.39, 0.29) is 0 Å². The molecule has 0 fully saturated rings. The van der Waals surface area contributed by atoms with Gasteiger partial charge in [0.1, 0.15) is 11.3 Å². The summed E-state index contributed by atoms with van der Waals surface area (Å²) in [4.78, 5) is 1.62. The van der Waals surface area contributed by atoms with Crippen LogP contribution in [0.3, 0.4) is 0 Å². The lowest BCUT2D eigenvalue weighted by molar-refractivity contribution is 0.0519. The van der Waals surface area contributed by atoms with Crippen molar-refractivity contribution in [2.24, 2.45) is 0 Å². The molecule has 0 amide bonds. The van der Waals surface area contributed by atoms with Crippen LogP contribution in [-0.2, 0) is 11.3 Å². The first-order chi connectivity index (χ1) is 21.1. The number of halogens is 1. The Bertz CT molecular complexity index is 1060. The fourth-order valence-electron chi connectivity index (χ4n) is 5.67. The molecule has 1 N–H and O–H groups in total. The summed E-state index contributed by atoms with van der Waals surface area (Å²) >= 11 is 6.44. The molecule has 2 aromatic rings. The van der Waals surface area contributed by atoms with Gasteiger partial charge >= 0.3 is 0 Å². The highest BCUT2D eigenvalue weighted by Crippen LogP contribution is 2.27. The Morgan fingerprint density at radius 3 is 2.09 bits per heavy atom. The third kappa shape index (κ3) is 15.1. The van der Waals surface area contributed by atoms with Gasteiger partial charge in [-0.15, -0.1) is 5.10 Å². The Balaban J connectivity index is 1.20. The number of allylic oxidation sites excluding steroid dienone is 2. The normalized spacial score (nSPS) is 17.2. The zero-order chi connectivity index (χ0) is 30.4. The first-order valence-corrected chi connectivity index (χ1v) is 17.8. The summed E-state index contributed by atoms with van der Waals surface area (Å²) in [5.41, 5.74) is 1.59. The minimum Gasteiger partial charge on any atom is -0.491 e. The molecule has 2 atom stereocenters. The maximum absolute atomic E-state index is 10.6. The van der Waals surface area contributed by atoms with Crippen LogP contribution in [-0.4, -0.2) is 44.5 Å². The summed E-state index contributed by atoms with van der Waals surface area (Å²) in [7, 11) is 0. The third-order valence-corrected chi connectivity index (χ3v) is 8.70. The van der Waals surface area contributed by atoms with E-state index in [1.165, 1.54) is 83.5 Å².